The smallest absolute Gasteiger partial charge is 0.220 e. The van der Waals surface area contributed by atoms with Gasteiger partial charge in [0.25, 0.3) is 0 Å². The van der Waals surface area contributed by atoms with Crippen molar-refractivity contribution in [2.24, 2.45) is 0 Å². The number of thiazole rings is 1. The van der Waals surface area contributed by atoms with Crippen molar-refractivity contribution in [3.05, 3.63) is 46.7 Å². The molecule has 1 atom stereocenters. The molecule has 6 heteroatoms. The average Bonchev–Trinajstić information content (AvgIpc) is 3.12. The van der Waals surface area contributed by atoms with E-state index in [-0.39, 0.29) is 11.9 Å². The van der Waals surface area contributed by atoms with Crippen molar-refractivity contribution in [1.29, 1.82) is 0 Å². The van der Waals surface area contributed by atoms with E-state index in [2.05, 4.69) is 26.3 Å². The van der Waals surface area contributed by atoms with E-state index in [0.717, 1.165) is 31.1 Å². The Balaban J connectivity index is 1.66. The lowest BCUT2D eigenvalue weighted by molar-refractivity contribution is -0.119. The lowest BCUT2D eigenvalue weighted by atomic mass is 10.2. The van der Waals surface area contributed by atoms with E-state index in [9.17, 15) is 4.79 Å². The zero-order valence-corrected chi connectivity index (χ0v) is 12.6. The van der Waals surface area contributed by atoms with E-state index in [1.54, 1.807) is 17.5 Å². The van der Waals surface area contributed by atoms with Crippen LogP contribution in [0.5, 0.6) is 0 Å². The van der Waals surface area contributed by atoms with Gasteiger partial charge in [-0.3, -0.25) is 14.7 Å². The van der Waals surface area contributed by atoms with Crippen molar-refractivity contribution in [1.82, 2.24) is 20.2 Å². The lowest BCUT2D eigenvalue weighted by Gasteiger charge is -2.24. The second-order valence-electron chi connectivity index (χ2n) is 5.26. The average molecular weight is 302 g/mol. The Hall–Kier alpha value is -1.79. The maximum Gasteiger partial charge on any atom is 0.220 e. The summed E-state index contributed by atoms with van der Waals surface area (Å²) in [6, 6.07) is 4.28. The van der Waals surface area contributed by atoms with Crippen LogP contribution in [0.2, 0.25) is 0 Å². The summed E-state index contributed by atoms with van der Waals surface area (Å²) in [5, 5.41) is 6.13. The quantitative estimate of drug-likeness (QED) is 0.884. The van der Waals surface area contributed by atoms with Crippen LogP contribution in [0.25, 0.3) is 0 Å². The molecule has 0 aromatic carbocycles. The van der Waals surface area contributed by atoms with Crippen molar-refractivity contribution >= 4 is 17.2 Å². The van der Waals surface area contributed by atoms with Gasteiger partial charge in [-0.2, -0.15) is 0 Å². The van der Waals surface area contributed by atoms with Crippen molar-refractivity contribution < 1.29 is 4.79 Å². The molecule has 0 saturated carbocycles. The Labute approximate surface area is 128 Å². The van der Waals surface area contributed by atoms with Crippen molar-refractivity contribution in [2.45, 2.75) is 32.0 Å². The molecule has 3 heterocycles. The Morgan fingerprint density at radius 2 is 2.33 bits per heavy atom. The molecule has 1 saturated heterocycles. The van der Waals surface area contributed by atoms with E-state index >= 15 is 0 Å². The highest BCUT2D eigenvalue weighted by Crippen LogP contribution is 2.15. The van der Waals surface area contributed by atoms with Crippen LogP contribution in [0, 0.1) is 0 Å². The zero-order valence-electron chi connectivity index (χ0n) is 11.7. The third-order valence-corrected chi connectivity index (χ3v) is 4.30. The molecule has 1 fully saturated rings. The molecule has 1 aliphatic rings. The predicted octanol–water partition coefficient (Wildman–Crippen LogP) is 1.82. The van der Waals surface area contributed by atoms with Gasteiger partial charge in [0.05, 0.1) is 6.54 Å². The SMILES string of the molecule is O=C1CC[C@@H](CN(Cc2cccnc2)Cc2nccs2)N1. The second kappa shape index (κ2) is 6.78. The summed E-state index contributed by atoms with van der Waals surface area (Å²) in [6.07, 6.45) is 7.07. The minimum atomic E-state index is 0.163. The van der Waals surface area contributed by atoms with Gasteiger partial charge in [-0.25, -0.2) is 4.98 Å². The molecule has 110 valence electrons. The van der Waals surface area contributed by atoms with E-state index < -0.39 is 0 Å². The largest absolute Gasteiger partial charge is 0.352 e. The molecule has 5 nitrogen and oxygen atoms in total. The molecule has 1 N–H and O–H groups in total. The predicted molar refractivity (Wildman–Crippen MR) is 81.6 cm³/mol. The van der Waals surface area contributed by atoms with Gasteiger partial charge in [0.1, 0.15) is 5.01 Å². The molecule has 3 rings (SSSR count). The normalized spacial score (nSPS) is 18.1. The fraction of sp³-hybridized carbons (Fsp3) is 0.400. The van der Waals surface area contributed by atoms with Gasteiger partial charge < -0.3 is 5.32 Å². The lowest BCUT2D eigenvalue weighted by Crippen LogP contribution is -2.38. The first-order valence-electron chi connectivity index (χ1n) is 7.08. The number of carbonyl (C=O) groups excluding carboxylic acids is 1. The van der Waals surface area contributed by atoms with Crippen LogP contribution in [0.1, 0.15) is 23.4 Å². The highest BCUT2D eigenvalue weighted by molar-refractivity contribution is 7.09. The minimum absolute atomic E-state index is 0.163. The Morgan fingerprint density at radius 1 is 1.38 bits per heavy atom. The van der Waals surface area contributed by atoms with E-state index in [0.29, 0.717) is 6.42 Å². The molecule has 0 spiro atoms. The third-order valence-electron chi connectivity index (χ3n) is 3.53. The summed E-state index contributed by atoms with van der Waals surface area (Å²) in [5.41, 5.74) is 1.18. The van der Waals surface area contributed by atoms with Crippen LogP contribution in [-0.2, 0) is 17.9 Å². The molecule has 2 aromatic heterocycles. The number of nitrogens with zero attached hydrogens (tertiary/aromatic N) is 3. The van der Waals surface area contributed by atoms with Crippen LogP contribution in [0.3, 0.4) is 0 Å². The molecule has 1 amide bonds. The topological polar surface area (TPSA) is 58.1 Å². The van der Waals surface area contributed by atoms with Crippen LogP contribution >= 0.6 is 11.3 Å². The van der Waals surface area contributed by atoms with Gasteiger partial charge in [-0.15, -0.1) is 11.3 Å². The van der Waals surface area contributed by atoms with Gasteiger partial charge in [0, 0.05) is 49.5 Å². The van der Waals surface area contributed by atoms with Gasteiger partial charge in [0.15, 0.2) is 0 Å². The molecular weight excluding hydrogens is 284 g/mol. The van der Waals surface area contributed by atoms with Crippen molar-refractivity contribution in [2.75, 3.05) is 6.54 Å². The molecule has 0 unspecified atom stereocenters. The first-order chi connectivity index (χ1) is 10.3. The van der Waals surface area contributed by atoms with Crippen LogP contribution < -0.4 is 5.32 Å². The number of hydrogen-bond donors (Lipinski definition) is 1. The van der Waals surface area contributed by atoms with Gasteiger partial charge >= 0.3 is 0 Å². The minimum Gasteiger partial charge on any atom is -0.352 e. The van der Waals surface area contributed by atoms with Crippen LogP contribution in [-0.4, -0.2) is 33.4 Å². The fourth-order valence-electron chi connectivity index (χ4n) is 2.58. The summed E-state index contributed by atoms with van der Waals surface area (Å²) in [5.74, 6) is 0.163. The summed E-state index contributed by atoms with van der Waals surface area (Å²) in [6.45, 7) is 2.47. The number of amides is 1. The Kier molecular flexibility index (Phi) is 4.57. The van der Waals surface area contributed by atoms with E-state index in [1.165, 1.54) is 5.56 Å². The summed E-state index contributed by atoms with van der Waals surface area (Å²) >= 11 is 1.66. The molecule has 1 aliphatic heterocycles. The standard InChI is InChI=1S/C15H18N4OS/c20-14-4-3-13(18-14)10-19(11-15-17-6-7-21-15)9-12-2-1-5-16-8-12/h1-2,5-8,13H,3-4,9-11H2,(H,18,20)/t13-/m0/s1. The second-order valence-corrected chi connectivity index (χ2v) is 6.24. The number of nitrogens with one attached hydrogen (secondary N) is 1. The fourth-order valence-corrected chi connectivity index (χ4v) is 3.24. The van der Waals surface area contributed by atoms with E-state index in [1.807, 2.05) is 23.8 Å². The summed E-state index contributed by atoms with van der Waals surface area (Å²) in [7, 11) is 0. The van der Waals surface area contributed by atoms with Crippen molar-refractivity contribution in [3.8, 4) is 0 Å². The molecule has 0 radical (unpaired) electrons. The molecule has 2 aromatic rings. The first-order valence-corrected chi connectivity index (χ1v) is 7.96. The van der Waals surface area contributed by atoms with Crippen LogP contribution in [0.4, 0.5) is 0 Å². The molecular formula is C15H18N4OS. The summed E-state index contributed by atoms with van der Waals surface area (Å²) in [4.78, 5) is 22.2. The first kappa shape index (κ1) is 14.2. The molecule has 0 bridgehead atoms. The third kappa shape index (κ3) is 4.09. The maximum atomic E-state index is 11.4. The number of carbonyl (C=O) groups is 1. The van der Waals surface area contributed by atoms with Crippen LogP contribution in [0.15, 0.2) is 36.1 Å². The number of hydrogen-bond acceptors (Lipinski definition) is 5. The van der Waals surface area contributed by atoms with Crippen molar-refractivity contribution in [3.63, 3.8) is 0 Å². The molecule has 0 aliphatic carbocycles. The molecule has 21 heavy (non-hydrogen) atoms. The number of pyridine rings is 1. The monoisotopic (exact) mass is 302 g/mol. The number of aromatic nitrogens is 2. The van der Waals surface area contributed by atoms with Gasteiger partial charge in [-0.05, 0) is 18.1 Å². The van der Waals surface area contributed by atoms with Gasteiger partial charge in [0.2, 0.25) is 5.91 Å². The van der Waals surface area contributed by atoms with E-state index in [4.69, 9.17) is 0 Å². The van der Waals surface area contributed by atoms with Gasteiger partial charge in [-0.1, -0.05) is 6.07 Å². The highest BCUT2D eigenvalue weighted by Gasteiger charge is 2.23. The summed E-state index contributed by atoms with van der Waals surface area (Å²) < 4.78 is 0. The Bertz CT molecular complexity index is 573. The number of rotatable bonds is 6. The Morgan fingerprint density at radius 3 is 3.00 bits per heavy atom. The highest BCUT2D eigenvalue weighted by atomic mass is 32.1. The zero-order chi connectivity index (χ0) is 14.5. The maximum absolute atomic E-state index is 11.4.